The number of aromatic nitrogens is 2. The third-order valence-corrected chi connectivity index (χ3v) is 3.07. The zero-order valence-electron chi connectivity index (χ0n) is 10.5. The van der Waals surface area contributed by atoms with Crippen LogP contribution in [0.1, 0.15) is 5.69 Å². The van der Waals surface area contributed by atoms with Gasteiger partial charge in [0.2, 0.25) is 0 Å². The van der Waals surface area contributed by atoms with Crippen LogP contribution in [0.2, 0.25) is 5.02 Å². The predicted octanol–water partition coefficient (Wildman–Crippen LogP) is 3.21. The maximum absolute atomic E-state index is 6.24. The maximum atomic E-state index is 6.24. The number of hydrogen-bond donors (Lipinski definition) is 0. The smallest absolute Gasteiger partial charge is 0.318 e. The van der Waals surface area contributed by atoms with Gasteiger partial charge in [0.15, 0.2) is 5.82 Å². The second-order valence-electron chi connectivity index (χ2n) is 3.83. The first kappa shape index (κ1) is 12.6. The van der Waals surface area contributed by atoms with Crippen molar-refractivity contribution in [3.05, 3.63) is 41.0 Å². The van der Waals surface area contributed by atoms with Gasteiger partial charge in [-0.2, -0.15) is 9.97 Å². The van der Waals surface area contributed by atoms with E-state index in [1.807, 2.05) is 49.2 Å². The molecule has 0 aliphatic heterocycles. The second kappa shape index (κ2) is 5.23. The molecule has 0 bridgehead atoms. The van der Waals surface area contributed by atoms with Gasteiger partial charge in [-0.05, 0) is 19.1 Å². The topological polar surface area (TPSA) is 38.2 Å². The Kier molecular flexibility index (Phi) is 3.67. The number of rotatable bonds is 3. The van der Waals surface area contributed by atoms with Crippen molar-refractivity contribution in [1.82, 2.24) is 9.97 Å². The van der Waals surface area contributed by atoms with E-state index in [4.69, 9.17) is 16.3 Å². The van der Waals surface area contributed by atoms with Crippen molar-refractivity contribution < 1.29 is 4.74 Å². The molecule has 0 aliphatic carbocycles. The molecular formula is C13H14ClN3O. The number of anilines is 2. The quantitative estimate of drug-likeness (QED) is 0.852. The Labute approximate surface area is 111 Å². The van der Waals surface area contributed by atoms with Crippen molar-refractivity contribution in [2.75, 3.05) is 19.1 Å². The van der Waals surface area contributed by atoms with Crippen LogP contribution < -0.4 is 9.64 Å². The van der Waals surface area contributed by atoms with Crippen molar-refractivity contribution in [1.29, 1.82) is 0 Å². The summed E-state index contributed by atoms with van der Waals surface area (Å²) in [7, 11) is 3.44. The van der Waals surface area contributed by atoms with Crippen molar-refractivity contribution >= 4 is 23.1 Å². The SMILES string of the molecule is COc1nc(C)c(Cl)c(N(C)c2ccccc2)n1. The molecule has 1 heterocycles. The summed E-state index contributed by atoms with van der Waals surface area (Å²) in [6.45, 7) is 1.83. The summed E-state index contributed by atoms with van der Waals surface area (Å²) in [5, 5.41) is 0.530. The van der Waals surface area contributed by atoms with E-state index in [0.29, 0.717) is 22.5 Å². The van der Waals surface area contributed by atoms with E-state index in [1.165, 1.54) is 7.11 Å². The van der Waals surface area contributed by atoms with Crippen molar-refractivity contribution in [2.45, 2.75) is 6.92 Å². The summed E-state index contributed by atoms with van der Waals surface area (Å²) < 4.78 is 5.07. The molecule has 1 aromatic heterocycles. The van der Waals surface area contributed by atoms with E-state index < -0.39 is 0 Å². The number of para-hydroxylation sites is 1. The zero-order valence-corrected chi connectivity index (χ0v) is 11.3. The van der Waals surface area contributed by atoms with E-state index in [-0.39, 0.29) is 0 Å². The van der Waals surface area contributed by atoms with Crippen LogP contribution in [0.5, 0.6) is 6.01 Å². The standard InChI is InChI=1S/C13H14ClN3O/c1-9-11(14)12(16-13(15-9)18-3)17(2)10-7-5-4-6-8-10/h4-8H,1-3H3. The van der Waals surface area contributed by atoms with Gasteiger partial charge in [-0.25, -0.2) is 0 Å². The minimum absolute atomic E-state index is 0.315. The Morgan fingerprint density at radius 2 is 1.83 bits per heavy atom. The molecule has 0 fully saturated rings. The summed E-state index contributed by atoms with van der Waals surface area (Å²) in [5.41, 5.74) is 1.70. The van der Waals surface area contributed by atoms with Gasteiger partial charge in [-0.3, -0.25) is 0 Å². The lowest BCUT2D eigenvalue weighted by Crippen LogP contribution is -2.13. The molecule has 5 heteroatoms. The third-order valence-electron chi connectivity index (χ3n) is 2.62. The van der Waals surface area contributed by atoms with Crippen LogP contribution in [0.15, 0.2) is 30.3 Å². The van der Waals surface area contributed by atoms with E-state index in [2.05, 4.69) is 9.97 Å². The number of ether oxygens (including phenoxy) is 1. The van der Waals surface area contributed by atoms with Crippen molar-refractivity contribution in [3.8, 4) is 6.01 Å². The highest BCUT2D eigenvalue weighted by Crippen LogP contribution is 2.31. The Morgan fingerprint density at radius 3 is 2.44 bits per heavy atom. The normalized spacial score (nSPS) is 10.2. The first-order chi connectivity index (χ1) is 8.63. The molecule has 0 saturated heterocycles. The molecule has 0 radical (unpaired) electrons. The number of aryl methyl sites for hydroxylation is 1. The highest BCUT2D eigenvalue weighted by atomic mass is 35.5. The van der Waals surface area contributed by atoms with Gasteiger partial charge in [0.25, 0.3) is 0 Å². The molecule has 2 rings (SSSR count). The summed E-state index contributed by atoms with van der Waals surface area (Å²) >= 11 is 6.24. The van der Waals surface area contributed by atoms with E-state index in [0.717, 1.165) is 5.69 Å². The lowest BCUT2D eigenvalue weighted by molar-refractivity contribution is 0.379. The van der Waals surface area contributed by atoms with Crippen LogP contribution >= 0.6 is 11.6 Å². The third kappa shape index (κ3) is 2.38. The Balaban J connectivity index is 2.47. The number of hydrogen-bond acceptors (Lipinski definition) is 4. The second-order valence-corrected chi connectivity index (χ2v) is 4.21. The first-order valence-corrected chi connectivity index (χ1v) is 5.88. The largest absolute Gasteiger partial charge is 0.467 e. The molecular weight excluding hydrogens is 250 g/mol. The van der Waals surface area contributed by atoms with Gasteiger partial charge < -0.3 is 9.64 Å². The molecule has 94 valence electrons. The molecule has 0 saturated carbocycles. The summed E-state index contributed by atoms with van der Waals surface area (Å²) in [4.78, 5) is 10.3. The highest BCUT2D eigenvalue weighted by Gasteiger charge is 2.15. The first-order valence-electron chi connectivity index (χ1n) is 5.50. The molecule has 2 aromatic rings. The molecule has 4 nitrogen and oxygen atoms in total. The van der Waals surface area contributed by atoms with Crippen LogP contribution in [0, 0.1) is 6.92 Å². The molecule has 0 aliphatic rings. The van der Waals surface area contributed by atoms with Crippen molar-refractivity contribution in [2.24, 2.45) is 0 Å². The average Bonchev–Trinajstić information content (AvgIpc) is 2.42. The summed E-state index contributed by atoms with van der Waals surface area (Å²) in [6.07, 6.45) is 0. The Hall–Kier alpha value is -1.81. The van der Waals surface area contributed by atoms with Gasteiger partial charge in [-0.15, -0.1) is 0 Å². The van der Waals surface area contributed by atoms with Crippen LogP contribution in [-0.2, 0) is 0 Å². The van der Waals surface area contributed by atoms with Crippen LogP contribution in [0.3, 0.4) is 0 Å². The average molecular weight is 264 g/mol. The lowest BCUT2D eigenvalue weighted by Gasteiger charge is -2.20. The number of nitrogens with zero attached hydrogens (tertiary/aromatic N) is 3. The van der Waals surface area contributed by atoms with Gasteiger partial charge in [0.05, 0.1) is 12.8 Å². The predicted molar refractivity (Wildman–Crippen MR) is 72.8 cm³/mol. The van der Waals surface area contributed by atoms with Crippen LogP contribution in [-0.4, -0.2) is 24.1 Å². The number of benzene rings is 1. The molecule has 0 amide bonds. The molecule has 0 spiro atoms. The fraction of sp³-hybridized carbons (Fsp3) is 0.231. The van der Waals surface area contributed by atoms with Gasteiger partial charge in [0, 0.05) is 12.7 Å². The van der Waals surface area contributed by atoms with Gasteiger partial charge >= 0.3 is 6.01 Å². The molecule has 18 heavy (non-hydrogen) atoms. The minimum atomic E-state index is 0.315. The summed E-state index contributed by atoms with van der Waals surface area (Å²) in [6, 6.07) is 10.2. The Morgan fingerprint density at radius 1 is 1.17 bits per heavy atom. The fourth-order valence-corrected chi connectivity index (χ4v) is 1.82. The zero-order chi connectivity index (χ0) is 13.1. The van der Waals surface area contributed by atoms with Crippen LogP contribution in [0.25, 0.3) is 0 Å². The number of halogens is 1. The Bertz CT molecular complexity index is 545. The molecule has 0 N–H and O–H groups in total. The maximum Gasteiger partial charge on any atom is 0.318 e. The van der Waals surface area contributed by atoms with Gasteiger partial charge in [-0.1, -0.05) is 29.8 Å². The fourth-order valence-electron chi connectivity index (χ4n) is 1.61. The molecule has 0 unspecified atom stereocenters. The van der Waals surface area contributed by atoms with Crippen molar-refractivity contribution in [3.63, 3.8) is 0 Å². The summed E-state index contributed by atoms with van der Waals surface area (Å²) in [5.74, 6) is 0.632. The van der Waals surface area contributed by atoms with E-state index in [1.54, 1.807) is 0 Å². The minimum Gasteiger partial charge on any atom is -0.467 e. The molecule has 1 aromatic carbocycles. The molecule has 0 atom stereocenters. The lowest BCUT2D eigenvalue weighted by atomic mass is 10.3. The van der Waals surface area contributed by atoms with Crippen LogP contribution in [0.4, 0.5) is 11.5 Å². The van der Waals surface area contributed by atoms with Gasteiger partial charge in [0.1, 0.15) is 5.02 Å². The van der Waals surface area contributed by atoms with E-state index >= 15 is 0 Å². The van der Waals surface area contributed by atoms with E-state index in [9.17, 15) is 0 Å². The monoisotopic (exact) mass is 263 g/mol. The number of methoxy groups -OCH3 is 1. The highest BCUT2D eigenvalue weighted by molar-refractivity contribution is 6.33.